The molecule has 0 saturated heterocycles. The van der Waals surface area contributed by atoms with Gasteiger partial charge in [0, 0.05) is 0 Å². The first-order valence-corrected chi connectivity index (χ1v) is 21.8. The van der Waals surface area contributed by atoms with Crippen LogP contribution >= 0.6 is 0 Å². The number of benzene rings is 6. The van der Waals surface area contributed by atoms with Gasteiger partial charge in [0.25, 0.3) is 20.2 Å². The van der Waals surface area contributed by atoms with E-state index in [0.717, 1.165) is 11.3 Å². The molecule has 316 valence electrons. The topological polar surface area (TPSA) is 310 Å². The van der Waals surface area contributed by atoms with Crippen molar-refractivity contribution in [3.63, 3.8) is 0 Å². The average molecular weight is 917 g/mol. The molecule has 2 N–H and O–H groups in total. The van der Waals surface area contributed by atoms with Crippen molar-refractivity contribution in [3.05, 3.63) is 157 Å². The molecule has 0 aliphatic rings. The molecule has 0 aromatic heterocycles. The highest BCUT2D eigenvalue weighted by Gasteiger charge is 2.15. The summed E-state index contributed by atoms with van der Waals surface area (Å²) in [4.78, 5) is -0.554. The predicted octanol–water partition coefficient (Wildman–Crippen LogP) is 10.0. The maximum Gasteiger partial charge on any atom is 0.425 e. The second-order valence-corrected chi connectivity index (χ2v) is 15.3. The van der Waals surface area contributed by atoms with Crippen molar-refractivity contribution in [3.8, 4) is 0 Å². The van der Waals surface area contributed by atoms with Crippen LogP contribution in [0.1, 0.15) is 11.1 Å². The van der Waals surface area contributed by atoms with Crippen molar-refractivity contribution in [2.24, 2.45) is 40.9 Å². The maximum atomic E-state index is 12.2. The first kappa shape index (κ1) is 47.2. The van der Waals surface area contributed by atoms with Gasteiger partial charge in [-0.1, -0.05) is 48.6 Å². The minimum atomic E-state index is -4.58. The molecule has 62 heavy (non-hydrogen) atoms. The van der Waals surface area contributed by atoms with Gasteiger partial charge in [0.05, 0.1) is 50.4 Å². The lowest BCUT2D eigenvalue weighted by Gasteiger charge is -2.04. The van der Waals surface area contributed by atoms with Crippen LogP contribution in [0.3, 0.4) is 0 Å². The third-order valence-corrected chi connectivity index (χ3v) is 9.11. The molecule has 20 nitrogen and oxygen atoms in total. The maximum absolute atomic E-state index is 12.2. The Hall–Kier alpha value is -7.48. The van der Waals surface area contributed by atoms with Crippen LogP contribution in [0.2, 0.25) is 0 Å². The molecule has 0 amide bonds. The van der Waals surface area contributed by atoms with E-state index in [-0.39, 0.29) is 21.0 Å². The molecule has 0 aliphatic heterocycles. The molecule has 0 saturated carbocycles. The molecular formula is C38H28N8O12S4. The van der Waals surface area contributed by atoms with Gasteiger partial charge >= 0.3 is 21.2 Å². The van der Waals surface area contributed by atoms with Crippen molar-refractivity contribution in [1.29, 1.82) is 0 Å². The first-order chi connectivity index (χ1) is 29.4. The van der Waals surface area contributed by atoms with Crippen LogP contribution in [-0.4, -0.2) is 51.2 Å². The molecule has 0 radical (unpaired) electrons. The summed E-state index contributed by atoms with van der Waals surface area (Å²) >= 11 is 0. The van der Waals surface area contributed by atoms with Crippen LogP contribution in [0.15, 0.2) is 196 Å². The monoisotopic (exact) mass is 916 g/mol. The van der Waals surface area contributed by atoms with E-state index in [9.17, 15) is 21.4 Å². The highest BCUT2D eigenvalue weighted by atomic mass is 32.2. The van der Waals surface area contributed by atoms with Gasteiger partial charge in [-0.3, -0.25) is 9.11 Å². The van der Waals surface area contributed by atoms with E-state index in [1.807, 2.05) is 30.3 Å². The SMILES string of the molecule is O=S(=O)(O)c1ccc(N=Nc2ccc(N=Nc3ccc(C=Cc4ccc(N=Nc5ccc(N=Nc6ccccc6)cc5)cc4S(=O)(=O)O)cc3)cc2)cc1.O=S(=O)=O.O=S(=O)=O. The molecule has 0 atom stereocenters. The minimum absolute atomic E-state index is 0.229. The Bertz CT molecular complexity index is 3060. The van der Waals surface area contributed by atoms with Gasteiger partial charge in [-0.05, 0) is 120 Å². The Morgan fingerprint density at radius 3 is 1.03 bits per heavy atom. The Balaban J connectivity index is 0.000000972. The normalized spacial score (nSPS) is 11.7. The third-order valence-electron chi connectivity index (χ3n) is 7.34. The van der Waals surface area contributed by atoms with Crippen LogP contribution in [0.4, 0.5) is 45.5 Å². The summed E-state index contributed by atoms with van der Waals surface area (Å²) in [6, 6.07) is 39.7. The Morgan fingerprint density at radius 2 is 0.677 bits per heavy atom. The van der Waals surface area contributed by atoms with E-state index in [0.29, 0.717) is 34.1 Å². The van der Waals surface area contributed by atoms with Crippen LogP contribution in [0.5, 0.6) is 0 Å². The lowest BCUT2D eigenvalue weighted by molar-refractivity contribution is 0.481. The summed E-state index contributed by atoms with van der Waals surface area (Å²) in [5.41, 5.74) is 5.17. The lowest BCUT2D eigenvalue weighted by atomic mass is 10.1. The fraction of sp³-hybridized carbons (Fsp3) is 0. The Morgan fingerprint density at radius 1 is 0.371 bits per heavy atom. The molecule has 6 aromatic carbocycles. The lowest BCUT2D eigenvalue weighted by Crippen LogP contribution is -2.00. The van der Waals surface area contributed by atoms with Gasteiger partial charge in [0.2, 0.25) is 0 Å². The number of azo groups is 4. The van der Waals surface area contributed by atoms with E-state index >= 15 is 0 Å². The van der Waals surface area contributed by atoms with E-state index < -0.39 is 41.5 Å². The van der Waals surface area contributed by atoms with Crippen molar-refractivity contribution < 1.29 is 51.2 Å². The quantitative estimate of drug-likeness (QED) is 0.0658. The number of hydrogen-bond donors (Lipinski definition) is 2. The standard InChI is InChI=1S/C38H28N8O6S2.2O3S/c47-53(48,49)37-24-22-35(23-25-37)44-43-33-16-14-32(15-17-33)42-40-30-11-7-27(8-12-30)6-9-28-10-13-36(26-38(28)54(50,51)52)46-45-34-20-18-31(19-21-34)41-39-29-4-2-1-3-5-29;2*1-4(2)3/h1-26H,(H,47,48,49)(H,50,51,52);;. The molecule has 0 unspecified atom stereocenters. The summed E-state index contributed by atoms with van der Waals surface area (Å²) in [7, 11) is -15.1. The Labute approximate surface area is 356 Å². The van der Waals surface area contributed by atoms with Gasteiger partial charge in [-0.15, -0.1) is 25.3 Å². The molecule has 0 spiro atoms. The molecule has 24 heteroatoms. The van der Waals surface area contributed by atoms with Crippen LogP contribution in [-0.2, 0) is 41.5 Å². The fourth-order valence-electron chi connectivity index (χ4n) is 4.60. The first-order valence-electron chi connectivity index (χ1n) is 16.9. The third kappa shape index (κ3) is 17.0. The highest BCUT2D eigenvalue weighted by molar-refractivity contribution is 7.86. The molecule has 0 bridgehead atoms. The molecule has 0 heterocycles. The number of nitrogens with zero attached hydrogens (tertiary/aromatic N) is 8. The summed E-state index contributed by atoms with van der Waals surface area (Å²) in [6.45, 7) is 0. The van der Waals surface area contributed by atoms with Gasteiger partial charge in [0.15, 0.2) is 0 Å². The van der Waals surface area contributed by atoms with Crippen molar-refractivity contribution in [2.45, 2.75) is 9.79 Å². The van der Waals surface area contributed by atoms with Gasteiger partial charge < -0.3 is 0 Å². The largest absolute Gasteiger partial charge is 0.425 e. The number of rotatable bonds is 12. The summed E-state index contributed by atoms with van der Waals surface area (Å²) < 4.78 is 117. The zero-order valence-corrected chi connectivity index (χ0v) is 34.5. The summed E-state index contributed by atoms with van der Waals surface area (Å²) in [6.07, 6.45) is 3.26. The van der Waals surface area contributed by atoms with Crippen molar-refractivity contribution >= 4 is 99.1 Å². The van der Waals surface area contributed by atoms with E-state index in [1.54, 1.807) is 91.0 Å². The summed E-state index contributed by atoms with van der Waals surface area (Å²) in [5.74, 6) is 0. The minimum Gasteiger partial charge on any atom is -0.282 e. The fourth-order valence-corrected chi connectivity index (χ4v) is 5.78. The van der Waals surface area contributed by atoms with Crippen LogP contribution in [0.25, 0.3) is 12.2 Å². The Kier molecular flexibility index (Phi) is 17.3. The molecule has 0 aliphatic carbocycles. The van der Waals surface area contributed by atoms with Crippen LogP contribution < -0.4 is 0 Å². The summed E-state index contributed by atoms with van der Waals surface area (Å²) in [5, 5.41) is 33.3. The van der Waals surface area contributed by atoms with E-state index in [4.69, 9.17) is 29.8 Å². The van der Waals surface area contributed by atoms with Gasteiger partial charge in [0.1, 0.15) is 4.90 Å². The van der Waals surface area contributed by atoms with Gasteiger partial charge in [-0.2, -0.15) is 57.7 Å². The van der Waals surface area contributed by atoms with E-state index in [2.05, 4.69) is 40.9 Å². The molecule has 0 fully saturated rings. The smallest absolute Gasteiger partial charge is 0.282 e. The van der Waals surface area contributed by atoms with Crippen molar-refractivity contribution in [1.82, 2.24) is 0 Å². The zero-order valence-electron chi connectivity index (χ0n) is 31.2. The second kappa shape index (κ2) is 22.8. The van der Waals surface area contributed by atoms with Gasteiger partial charge in [-0.25, -0.2) is 0 Å². The van der Waals surface area contributed by atoms with Crippen LogP contribution in [0, 0.1) is 0 Å². The second-order valence-electron chi connectivity index (χ2n) is 11.7. The average Bonchev–Trinajstić information content (AvgIpc) is 3.23. The predicted molar refractivity (Wildman–Crippen MR) is 223 cm³/mol. The number of hydrogen-bond acceptors (Lipinski definition) is 18. The highest BCUT2D eigenvalue weighted by Crippen LogP contribution is 2.29. The van der Waals surface area contributed by atoms with Crippen molar-refractivity contribution in [2.75, 3.05) is 0 Å². The molecule has 6 aromatic rings. The molecule has 6 rings (SSSR count). The molecular weight excluding hydrogens is 889 g/mol. The van der Waals surface area contributed by atoms with E-state index in [1.165, 1.54) is 36.4 Å². The zero-order chi connectivity index (χ0) is 45.1.